The number of piperidine rings is 1. The lowest BCUT2D eigenvalue weighted by atomic mass is 9.97. The van der Waals surface area contributed by atoms with E-state index in [4.69, 9.17) is 0 Å². The minimum atomic E-state index is -3.40. The zero-order chi connectivity index (χ0) is 21.8. The molecule has 2 aliphatic rings. The molecule has 0 saturated carbocycles. The fraction of sp³-hybridized carbons (Fsp3) is 0.650. The molecule has 0 unspecified atom stereocenters. The normalized spacial score (nSPS) is 19.8. The van der Waals surface area contributed by atoms with E-state index in [9.17, 15) is 21.6 Å². The number of nitrogens with zero attached hydrogens (tertiary/aromatic N) is 2. The Labute approximate surface area is 179 Å². The number of carbonyl (C=O) groups is 1. The van der Waals surface area contributed by atoms with E-state index in [1.165, 1.54) is 8.61 Å². The maximum Gasteiger partial charge on any atom is 0.243 e. The number of benzene rings is 1. The molecule has 0 spiro atoms. The van der Waals surface area contributed by atoms with Crippen LogP contribution in [0.5, 0.6) is 0 Å². The molecule has 0 bridgehead atoms. The van der Waals surface area contributed by atoms with Crippen LogP contribution < -0.4 is 5.32 Å². The summed E-state index contributed by atoms with van der Waals surface area (Å²) in [7, 11) is -6.59. The molecule has 1 aromatic carbocycles. The summed E-state index contributed by atoms with van der Waals surface area (Å²) in [5, 5.41) is 2.92. The van der Waals surface area contributed by atoms with Crippen LogP contribution in [0.25, 0.3) is 0 Å². The summed E-state index contributed by atoms with van der Waals surface area (Å²) in [6.45, 7) is 4.04. The Morgan fingerprint density at radius 2 is 1.57 bits per heavy atom. The molecule has 8 nitrogen and oxygen atoms in total. The first-order valence-corrected chi connectivity index (χ1v) is 13.6. The third-order valence-electron chi connectivity index (χ3n) is 5.92. The highest BCUT2D eigenvalue weighted by Gasteiger charge is 2.30. The van der Waals surface area contributed by atoms with Crippen LogP contribution >= 0.6 is 0 Å². The summed E-state index contributed by atoms with van der Waals surface area (Å²) in [5.41, 5.74) is 0.958. The third kappa shape index (κ3) is 5.40. The molecule has 0 aromatic heterocycles. The SMILES string of the molecule is CCS(=O)(=O)N1CCC(C(=O)NCCc2ccc(S(=O)(=O)N3CCCC3)cc2)CC1. The van der Waals surface area contributed by atoms with Crippen molar-refractivity contribution in [1.29, 1.82) is 0 Å². The average molecular weight is 458 g/mol. The molecule has 1 N–H and O–H groups in total. The van der Waals surface area contributed by atoms with Crippen molar-refractivity contribution in [3.05, 3.63) is 29.8 Å². The summed E-state index contributed by atoms with van der Waals surface area (Å²) < 4.78 is 51.9. The zero-order valence-electron chi connectivity index (χ0n) is 17.4. The summed E-state index contributed by atoms with van der Waals surface area (Å²) in [4.78, 5) is 12.7. The molecule has 0 radical (unpaired) electrons. The molecular weight excluding hydrogens is 426 g/mol. The predicted octanol–water partition coefficient (Wildman–Crippen LogP) is 1.19. The maximum atomic E-state index is 12.6. The molecule has 0 aliphatic carbocycles. The van der Waals surface area contributed by atoms with E-state index in [2.05, 4.69) is 5.32 Å². The molecule has 2 saturated heterocycles. The Kier molecular flexibility index (Phi) is 7.54. The van der Waals surface area contributed by atoms with Gasteiger partial charge in [0.25, 0.3) is 0 Å². The number of amides is 1. The van der Waals surface area contributed by atoms with Gasteiger partial charge in [-0.05, 0) is 56.7 Å². The molecule has 3 rings (SSSR count). The highest BCUT2D eigenvalue weighted by atomic mass is 32.2. The van der Waals surface area contributed by atoms with Crippen molar-refractivity contribution in [2.45, 2.75) is 43.9 Å². The predicted molar refractivity (Wildman–Crippen MR) is 115 cm³/mol. The molecule has 10 heteroatoms. The Bertz CT molecular complexity index is 931. The van der Waals surface area contributed by atoms with E-state index in [-0.39, 0.29) is 17.6 Å². The average Bonchev–Trinajstić information content (AvgIpc) is 3.30. The lowest BCUT2D eigenvalue weighted by Crippen LogP contribution is -2.43. The molecule has 0 atom stereocenters. The van der Waals surface area contributed by atoms with Crippen LogP contribution in [0.3, 0.4) is 0 Å². The fourth-order valence-electron chi connectivity index (χ4n) is 3.96. The monoisotopic (exact) mass is 457 g/mol. The number of rotatable bonds is 8. The van der Waals surface area contributed by atoms with Crippen LogP contribution in [0.4, 0.5) is 0 Å². The first-order chi connectivity index (χ1) is 14.2. The van der Waals surface area contributed by atoms with E-state index in [1.807, 2.05) is 0 Å². The van der Waals surface area contributed by atoms with Gasteiger partial charge in [-0.2, -0.15) is 4.31 Å². The Morgan fingerprint density at radius 1 is 0.967 bits per heavy atom. The van der Waals surface area contributed by atoms with Gasteiger partial charge in [0.15, 0.2) is 0 Å². The van der Waals surface area contributed by atoms with Crippen molar-refractivity contribution >= 4 is 26.0 Å². The van der Waals surface area contributed by atoms with Crippen LogP contribution in [0.1, 0.15) is 38.2 Å². The molecular formula is C20H31N3O5S2. The first-order valence-electron chi connectivity index (χ1n) is 10.6. The second-order valence-corrected chi connectivity index (χ2v) is 12.1. The maximum absolute atomic E-state index is 12.6. The van der Waals surface area contributed by atoms with Crippen molar-refractivity contribution in [2.75, 3.05) is 38.5 Å². The lowest BCUT2D eigenvalue weighted by Gasteiger charge is -2.30. The van der Waals surface area contributed by atoms with Crippen molar-refractivity contribution in [1.82, 2.24) is 13.9 Å². The van der Waals surface area contributed by atoms with Crippen LogP contribution in [0.2, 0.25) is 0 Å². The fourth-order valence-corrected chi connectivity index (χ4v) is 6.61. The first kappa shape index (κ1) is 23.2. The summed E-state index contributed by atoms with van der Waals surface area (Å²) in [6.07, 6.45) is 3.50. The van der Waals surface area contributed by atoms with Gasteiger partial charge in [-0.3, -0.25) is 4.79 Å². The number of sulfonamides is 2. The van der Waals surface area contributed by atoms with Crippen molar-refractivity contribution in [3.63, 3.8) is 0 Å². The molecule has 2 fully saturated rings. The van der Waals surface area contributed by atoms with E-state index in [1.54, 1.807) is 31.2 Å². The van der Waals surface area contributed by atoms with E-state index in [0.29, 0.717) is 56.9 Å². The number of hydrogen-bond acceptors (Lipinski definition) is 5. The van der Waals surface area contributed by atoms with Gasteiger partial charge in [-0.1, -0.05) is 12.1 Å². The van der Waals surface area contributed by atoms with Gasteiger partial charge in [0.1, 0.15) is 0 Å². The minimum Gasteiger partial charge on any atom is -0.356 e. The van der Waals surface area contributed by atoms with E-state index < -0.39 is 20.0 Å². The summed E-state index contributed by atoms with van der Waals surface area (Å²) in [5.74, 6) is -0.125. The van der Waals surface area contributed by atoms with Gasteiger partial charge in [-0.25, -0.2) is 21.1 Å². The van der Waals surface area contributed by atoms with Crippen LogP contribution in [-0.4, -0.2) is 69.8 Å². The topological polar surface area (TPSA) is 104 Å². The van der Waals surface area contributed by atoms with Gasteiger partial charge in [-0.15, -0.1) is 0 Å². The van der Waals surface area contributed by atoms with Crippen molar-refractivity contribution in [3.8, 4) is 0 Å². The Morgan fingerprint density at radius 3 is 2.13 bits per heavy atom. The van der Waals surface area contributed by atoms with Gasteiger partial charge in [0, 0.05) is 38.6 Å². The van der Waals surface area contributed by atoms with Crippen LogP contribution in [-0.2, 0) is 31.3 Å². The molecule has 30 heavy (non-hydrogen) atoms. The van der Waals surface area contributed by atoms with Crippen molar-refractivity contribution < 1.29 is 21.6 Å². The van der Waals surface area contributed by atoms with Gasteiger partial charge in [0.05, 0.1) is 10.6 Å². The van der Waals surface area contributed by atoms with Gasteiger partial charge < -0.3 is 5.32 Å². The second kappa shape index (κ2) is 9.76. The standard InChI is InChI=1S/C20H31N3O5S2/c1-2-29(25,26)22-15-10-18(11-16-22)20(24)21-12-9-17-5-7-19(8-6-17)30(27,28)23-13-3-4-14-23/h5-8,18H,2-4,9-16H2,1H3,(H,21,24). The number of nitrogens with one attached hydrogen (secondary N) is 1. The molecule has 2 heterocycles. The van der Waals surface area contributed by atoms with Crippen LogP contribution in [0, 0.1) is 5.92 Å². The van der Waals surface area contributed by atoms with E-state index in [0.717, 1.165) is 18.4 Å². The van der Waals surface area contributed by atoms with Crippen molar-refractivity contribution in [2.24, 2.45) is 5.92 Å². The smallest absolute Gasteiger partial charge is 0.243 e. The van der Waals surface area contributed by atoms with Gasteiger partial charge >= 0.3 is 0 Å². The number of hydrogen-bond donors (Lipinski definition) is 1. The molecule has 168 valence electrons. The summed E-state index contributed by atoms with van der Waals surface area (Å²) in [6, 6.07) is 6.86. The Hall–Kier alpha value is -1.49. The lowest BCUT2D eigenvalue weighted by molar-refractivity contribution is -0.126. The largest absolute Gasteiger partial charge is 0.356 e. The molecule has 1 aromatic rings. The third-order valence-corrected chi connectivity index (χ3v) is 9.72. The summed E-state index contributed by atoms with van der Waals surface area (Å²) >= 11 is 0. The van der Waals surface area contributed by atoms with Crippen LogP contribution in [0.15, 0.2) is 29.2 Å². The molecule has 2 aliphatic heterocycles. The highest BCUT2D eigenvalue weighted by Crippen LogP contribution is 2.22. The minimum absolute atomic E-state index is 0.0447. The van der Waals surface area contributed by atoms with E-state index >= 15 is 0 Å². The van der Waals surface area contributed by atoms with Gasteiger partial charge in [0.2, 0.25) is 26.0 Å². The zero-order valence-corrected chi connectivity index (χ0v) is 19.1. The molecule has 1 amide bonds. The second-order valence-electron chi connectivity index (χ2n) is 7.87. The highest BCUT2D eigenvalue weighted by molar-refractivity contribution is 7.89. The number of carbonyl (C=O) groups excluding carboxylic acids is 1. The Balaban J connectivity index is 1.45. The quantitative estimate of drug-likeness (QED) is 0.632.